The molecule has 0 fully saturated rings. The van der Waals surface area contributed by atoms with E-state index in [4.69, 9.17) is 4.74 Å². The van der Waals surface area contributed by atoms with Crippen LogP contribution in [0.5, 0.6) is 11.5 Å². The van der Waals surface area contributed by atoms with Crippen LogP contribution in [0, 0.1) is 13.8 Å². The first-order chi connectivity index (χ1) is 11.6. The summed E-state index contributed by atoms with van der Waals surface area (Å²) in [5.41, 5.74) is 3.64. The molecule has 2 rings (SSSR count). The molecule has 1 atom stereocenters. The van der Waals surface area contributed by atoms with Crippen molar-refractivity contribution >= 4 is 5.69 Å². The molecule has 1 unspecified atom stereocenters. The summed E-state index contributed by atoms with van der Waals surface area (Å²) in [5.74, 6) is 0.824. The van der Waals surface area contributed by atoms with Crippen LogP contribution >= 0.6 is 0 Å². The zero-order chi connectivity index (χ0) is 17.4. The third-order valence-electron chi connectivity index (χ3n) is 3.74. The number of phenolic OH excluding ortho intramolecular Hbond substituents is 1. The van der Waals surface area contributed by atoms with Crippen molar-refractivity contribution in [3.05, 3.63) is 53.6 Å². The van der Waals surface area contributed by atoms with Crippen molar-refractivity contribution in [1.82, 2.24) is 5.32 Å². The Labute approximate surface area is 143 Å². The lowest BCUT2D eigenvalue weighted by Crippen LogP contribution is -2.34. The molecule has 4 N–H and O–H groups in total. The molecule has 0 aromatic heterocycles. The van der Waals surface area contributed by atoms with Crippen LogP contribution < -0.4 is 15.4 Å². The summed E-state index contributed by atoms with van der Waals surface area (Å²) in [4.78, 5) is 0. The van der Waals surface area contributed by atoms with E-state index < -0.39 is 6.10 Å². The van der Waals surface area contributed by atoms with Gasteiger partial charge in [-0.2, -0.15) is 0 Å². The van der Waals surface area contributed by atoms with E-state index in [-0.39, 0.29) is 12.4 Å². The third-order valence-corrected chi connectivity index (χ3v) is 3.74. The third kappa shape index (κ3) is 5.76. The monoisotopic (exact) mass is 330 g/mol. The Morgan fingerprint density at radius 2 is 1.67 bits per heavy atom. The van der Waals surface area contributed by atoms with E-state index in [9.17, 15) is 10.2 Å². The van der Waals surface area contributed by atoms with Crippen LogP contribution in [-0.4, -0.2) is 42.6 Å². The minimum Gasteiger partial charge on any atom is -0.508 e. The van der Waals surface area contributed by atoms with Gasteiger partial charge in [0.2, 0.25) is 0 Å². The zero-order valence-corrected chi connectivity index (χ0v) is 14.2. The maximum atomic E-state index is 9.91. The number of nitrogens with one attached hydrogen (secondary N) is 2. The van der Waals surface area contributed by atoms with Crippen LogP contribution in [0.2, 0.25) is 0 Å². The zero-order valence-electron chi connectivity index (χ0n) is 14.2. The summed E-state index contributed by atoms with van der Waals surface area (Å²) >= 11 is 0. The normalized spacial score (nSPS) is 12.0. The molecule has 0 amide bonds. The summed E-state index contributed by atoms with van der Waals surface area (Å²) in [6.07, 6.45) is -0.584. The molecule has 0 heterocycles. The van der Waals surface area contributed by atoms with E-state index in [1.54, 1.807) is 24.3 Å². The van der Waals surface area contributed by atoms with E-state index in [2.05, 4.69) is 42.7 Å². The molecule has 5 heteroatoms. The highest BCUT2D eigenvalue weighted by molar-refractivity contribution is 5.56. The smallest absolute Gasteiger partial charge is 0.119 e. The number of rotatable bonds is 9. The largest absolute Gasteiger partial charge is 0.508 e. The Hall–Kier alpha value is -2.24. The van der Waals surface area contributed by atoms with Crippen molar-refractivity contribution in [2.24, 2.45) is 0 Å². The van der Waals surface area contributed by atoms with Gasteiger partial charge in [0.05, 0.1) is 0 Å². The highest BCUT2D eigenvalue weighted by atomic mass is 16.5. The molecule has 5 nitrogen and oxygen atoms in total. The average molecular weight is 330 g/mol. The van der Waals surface area contributed by atoms with Gasteiger partial charge in [0.15, 0.2) is 0 Å². The minimum atomic E-state index is -0.584. The number of phenols is 1. The SMILES string of the molecule is Cc1cccc(C)c1NCCNCC(O)COc1ccc(O)cc1. The first-order valence-electron chi connectivity index (χ1n) is 8.17. The predicted octanol–water partition coefficient (Wildman–Crippen LogP) is 2.45. The van der Waals surface area contributed by atoms with E-state index in [0.717, 1.165) is 13.1 Å². The van der Waals surface area contributed by atoms with Crippen molar-refractivity contribution in [2.75, 3.05) is 31.6 Å². The van der Waals surface area contributed by atoms with Gasteiger partial charge in [-0.3, -0.25) is 0 Å². The fraction of sp³-hybridized carbons (Fsp3) is 0.368. The number of aliphatic hydroxyl groups excluding tert-OH is 1. The van der Waals surface area contributed by atoms with Gasteiger partial charge in [-0.25, -0.2) is 0 Å². The van der Waals surface area contributed by atoms with E-state index >= 15 is 0 Å². The van der Waals surface area contributed by atoms with Gasteiger partial charge in [0.1, 0.15) is 24.2 Å². The Morgan fingerprint density at radius 3 is 2.33 bits per heavy atom. The van der Waals surface area contributed by atoms with Gasteiger partial charge in [-0.05, 0) is 49.2 Å². The Kier molecular flexibility index (Phi) is 6.90. The Bertz CT molecular complexity index is 609. The van der Waals surface area contributed by atoms with Crippen molar-refractivity contribution in [2.45, 2.75) is 20.0 Å². The summed E-state index contributed by atoms with van der Waals surface area (Å²) in [6.45, 7) is 6.40. The van der Waals surface area contributed by atoms with Crippen molar-refractivity contribution in [3.8, 4) is 11.5 Å². The molecule has 24 heavy (non-hydrogen) atoms. The molecule has 0 saturated carbocycles. The highest BCUT2D eigenvalue weighted by Crippen LogP contribution is 2.18. The lowest BCUT2D eigenvalue weighted by molar-refractivity contribution is 0.107. The molecule has 0 spiro atoms. The number of anilines is 1. The van der Waals surface area contributed by atoms with Crippen LogP contribution in [0.4, 0.5) is 5.69 Å². The van der Waals surface area contributed by atoms with Crippen molar-refractivity contribution < 1.29 is 14.9 Å². The molecule has 0 saturated heterocycles. The number of aliphatic hydroxyl groups is 1. The van der Waals surface area contributed by atoms with Crippen LogP contribution in [0.1, 0.15) is 11.1 Å². The number of ether oxygens (including phenoxy) is 1. The van der Waals surface area contributed by atoms with Crippen LogP contribution in [0.15, 0.2) is 42.5 Å². The van der Waals surface area contributed by atoms with Crippen molar-refractivity contribution in [3.63, 3.8) is 0 Å². The second-order valence-corrected chi connectivity index (χ2v) is 5.86. The summed E-state index contributed by atoms with van der Waals surface area (Å²) in [7, 11) is 0. The van der Waals surface area contributed by atoms with E-state index in [1.165, 1.54) is 16.8 Å². The molecule has 0 bridgehead atoms. The molecule has 0 aliphatic heterocycles. The average Bonchev–Trinajstić information content (AvgIpc) is 2.56. The maximum absolute atomic E-state index is 9.91. The number of aryl methyl sites for hydroxylation is 2. The molecule has 0 aliphatic carbocycles. The molecule has 130 valence electrons. The first-order valence-corrected chi connectivity index (χ1v) is 8.17. The number of para-hydroxylation sites is 1. The van der Waals surface area contributed by atoms with Crippen molar-refractivity contribution in [1.29, 1.82) is 0 Å². The quantitative estimate of drug-likeness (QED) is 0.532. The topological polar surface area (TPSA) is 73.8 Å². The van der Waals surface area contributed by atoms with E-state index in [1.807, 2.05) is 0 Å². The highest BCUT2D eigenvalue weighted by Gasteiger charge is 2.05. The van der Waals surface area contributed by atoms with Crippen LogP contribution in [-0.2, 0) is 0 Å². The van der Waals surface area contributed by atoms with Gasteiger partial charge in [0, 0.05) is 25.3 Å². The Morgan fingerprint density at radius 1 is 1.00 bits per heavy atom. The molecular formula is C19H26N2O3. The standard InChI is InChI=1S/C19H26N2O3/c1-14-4-3-5-15(2)19(14)21-11-10-20-12-17(23)13-24-18-8-6-16(22)7-9-18/h3-9,17,20-23H,10-13H2,1-2H3. The second-order valence-electron chi connectivity index (χ2n) is 5.86. The van der Waals surface area contributed by atoms with Gasteiger partial charge < -0.3 is 25.6 Å². The summed E-state index contributed by atoms with van der Waals surface area (Å²) in [5, 5.41) is 25.7. The second kappa shape index (κ2) is 9.15. The first kappa shape index (κ1) is 18.1. The number of hydrogen-bond donors (Lipinski definition) is 4. The van der Waals surface area contributed by atoms with Crippen LogP contribution in [0.25, 0.3) is 0 Å². The number of benzene rings is 2. The minimum absolute atomic E-state index is 0.195. The molecule has 0 aliphatic rings. The Balaban J connectivity index is 1.61. The van der Waals surface area contributed by atoms with Gasteiger partial charge >= 0.3 is 0 Å². The summed E-state index contributed by atoms with van der Waals surface area (Å²) < 4.78 is 5.46. The fourth-order valence-corrected chi connectivity index (χ4v) is 2.43. The number of aromatic hydroxyl groups is 1. The fourth-order valence-electron chi connectivity index (χ4n) is 2.43. The maximum Gasteiger partial charge on any atom is 0.119 e. The van der Waals surface area contributed by atoms with Gasteiger partial charge in [-0.15, -0.1) is 0 Å². The molecule has 2 aromatic rings. The van der Waals surface area contributed by atoms with Crippen LogP contribution in [0.3, 0.4) is 0 Å². The van der Waals surface area contributed by atoms with E-state index in [0.29, 0.717) is 12.3 Å². The summed E-state index contributed by atoms with van der Waals surface area (Å²) in [6, 6.07) is 12.7. The molecule has 2 aromatic carbocycles. The lowest BCUT2D eigenvalue weighted by atomic mass is 10.1. The predicted molar refractivity (Wildman–Crippen MR) is 96.9 cm³/mol. The lowest BCUT2D eigenvalue weighted by Gasteiger charge is -2.15. The van der Waals surface area contributed by atoms with Gasteiger partial charge in [-0.1, -0.05) is 18.2 Å². The molecule has 0 radical (unpaired) electrons. The molecular weight excluding hydrogens is 304 g/mol. The van der Waals surface area contributed by atoms with Gasteiger partial charge in [0.25, 0.3) is 0 Å². The number of hydrogen-bond acceptors (Lipinski definition) is 5.